The summed E-state index contributed by atoms with van der Waals surface area (Å²) in [6.45, 7) is 1.81. The molecule has 3 nitrogen and oxygen atoms in total. The van der Waals surface area contributed by atoms with Crippen LogP contribution in [0.3, 0.4) is 0 Å². The van der Waals surface area contributed by atoms with E-state index in [1.807, 2.05) is 30.3 Å². The zero-order chi connectivity index (χ0) is 16.9. The Labute approximate surface area is 136 Å². The number of nitrogens with zero attached hydrogens (tertiary/aromatic N) is 1. The summed E-state index contributed by atoms with van der Waals surface area (Å²) in [5.41, 5.74) is -0.776. The molecule has 0 unspecified atom stereocenters. The molecule has 0 spiro atoms. The van der Waals surface area contributed by atoms with Crippen LogP contribution in [0.5, 0.6) is 0 Å². The number of nitrogens with one attached hydrogen (secondary N) is 1. The van der Waals surface area contributed by atoms with E-state index in [9.17, 15) is 18.0 Å². The Kier molecular flexibility index (Phi) is 5.65. The molecule has 0 aliphatic rings. The number of carbonyl (C=O) groups is 1. The molecule has 1 aromatic heterocycles. The first-order valence-electron chi connectivity index (χ1n) is 6.89. The third-order valence-electron chi connectivity index (χ3n) is 3.02. The second-order valence-corrected chi connectivity index (χ2v) is 5.91. The smallest absolute Gasteiger partial charge is 0.351 e. The number of thioether (sulfide) groups is 1. The van der Waals surface area contributed by atoms with Crippen molar-refractivity contribution >= 4 is 17.7 Å². The molecule has 0 atom stereocenters. The number of hydrogen-bond acceptors (Lipinski definition) is 3. The van der Waals surface area contributed by atoms with Crippen molar-refractivity contribution in [1.82, 2.24) is 10.3 Å². The van der Waals surface area contributed by atoms with Gasteiger partial charge in [0.1, 0.15) is 5.69 Å². The number of carbonyl (C=O) groups excluding carboxylic acids is 1. The van der Waals surface area contributed by atoms with Gasteiger partial charge in [-0.25, -0.2) is 4.98 Å². The van der Waals surface area contributed by atoms with E-state index >= 15 is 0 Å². The van der Waals surface area contributed by atoms with E-state index in [0.29, 0.717) is 12.3 Å². The lowest BCUT2D eigenvalue weighted by molar-refractivity contribution is -0.141. The molecule has 122 valence electrons. The summed E-state index contributed by atoms with van der Waals surface area (Å²) in [6, 6.07) is 11.7. The first kappa shape index (κ1) is 17.3. The van der Waals surface area contributed by atoms with Gasteiger partial charge in [0, 0.05) is 17.2 Å². The van der Waals surface area contributed by atoms with E-state index < -0.39 is 17.8 Å². The number of amides is 1. The number of pyridine rings is 1. The van der Waals surface area contributed by atoms with Crippen molar-refractivity contribution < 1.29 is 18.0 Å². The van der Waals surface area contributed by atoms with Gasteiger partial charge in [0.25, 0.3) is 5.91 Å². The van der Waals surface area contributed by atoms with E-state index in [-0.39, 0.29) is 11.3 Å². The van der Waals surface area contributed by atoms with Crippen LogP contribution in [0.4, 0.5) is 13.2 Å². The second-order valence-electron chi connectivity index (χ2n) is 4.74. The molecule has 0 saturated heterocycles. The van der Waals surface area contributed by atoms with Gasteiger partial charge in [-0.15, -0.1) is 11.8 Å². The maximum Gasteiger partial charge on any atom is 0.433 e. The SMILES string of the molecule is Cc1nc(C(F)(F)F)ccc1C(=O)NCCSc1ccccc1. The molecule has 7 heteroatoms. The highest BCUT2D eigenvalue weighted by molar-refractivity contribution is 7.99. The molecule has 0 bridgehead atoms. The standard InChI is InChI=1S/C16H15F3N2OS/c1-11-13(7-8-14(21-11)16(17,18)19)15(22)20-9-10-23-12-5-3-2-4-6-12/h2-8H,9-10H2,1H3,(H,20,22). The van der Waals surface area contributed by atoms with Crippen molar-refractivity contribution in [2.75, 3.05) is 12.3 Å². The van der Waals surface area contributed by atoms with E-state index in [4.69, 9.17) is 0 Å². The molecular formula is C16H15F3N2OS. The lowest BCUT2D eigenvalue weighted by Crippen LogP contribution is -2.27. The average Bonchev–Trinajstić information content (AvgIpc) is 2.51. The van der Waals surface area contributed by atoms with E-state index in [2.05, 4.69) is 10.3 Å². The molecule has 0 fully saturated rings. The van der Waals surface area contributed by atoms with Gasteiger partial charge >= 0.3 is 6.18 Å². The summed E-state index contributed by atoms with van der Waals surface area (Å²) in [7, 11) is 0. The predicted octanol–water partition coefficient (Wildman–Crippen LogP) is 3.93. The first-order valence-corrected chi connectivity index (χ1v) is 7.87. The Morgan fingerprint density at radius 2 is 1.87 bits per heavy atom. The molecule has 1 aromatic carbocycles. The highest BCUT2D eigenvalue weighted by atomic mass is 32.2. The largest absolute Gasteiger partial charge is 0.433 e. The van der Waals surface area contributed by atoms with E-state index in [1.165, 1.54) is 6.92 Å². The molecule has 1 heterocycles. The minimum absolute atomic E-state index is 0.0630. The fourth-order valence-corrected chi connectivity index (χ4v) is 2.69. The molecule has 0 aliphatic carbocycles. The highest BCUT2D eigenvalue weighted by Gasteiger charge is 2.33. The summed E-state index contributed by atoms with van der Waals surface area (Å²) in [5.74, 6) is 0.250. The van der Waals surface area contributed by atoms with Crippen LogP contribution in [0.15, 0.2) is 47.4 Å². The second kappa shape index (κ2) is 7.50. The summed E-state index contributed by atoms with van der Waals surface area (Å²) in [6.07, 6.45) is -4.51. The van der Waals surface area contributed by atoms with Gasteiger partial charge in [0.15, 0.2) is 0 Å². The van der Waals surface area contributed by atoms with Crippen molar-refractivity contribution in [3.8, 4) is 0 Å². The average molecular weight is 340 g/mol. The van der Waals surface area contributed by atoms with Gasteiger partial charge in [-0.1, -0.05) is 18.2 Å². The first-order chi connectivity index (χ1) is 10.9. The third kappa shape index (κ3) is 4.99. The number of benzene rings is 1. The van der Waals surface area contributed by atoms with Crippen LogP contribution in [-0.4, -0.2) is 23.2 Å². The van der Waals surface area contributed by atoms with Crippen molar-refractivity contribution in [3.05, 3.63) is 59.4 Å². The van der Waals surface area contributed by atoms with Crippen molar-refractivity contribution in [2.24, 2.45) is 0 Å². The molecule has 23 heavy (non-hydrogen) atoms. The summed E-state index contributed by atoms with van der Waals surface area (Å²) in [5, 5.41) is 2.69. The van der Waals surface area contributed by atoms with E-state index in [0.717, 1.165) is 17.0 Å². The number of rotatable bonds is 5. The van der Waals surface area contributed by atoms with Gasteiger partial charge in [-0.2, -0.15) is 13.2 Å². The van der Waals surface area contributed by atoms with Crippen molar-refractivity contribution in [2.45, 2.75) is 18.0 Å². The van der Waals surface area contributed by atoms with Gasteiger partial charge in [0.05, 0.1) is 11.3 Å². The quantitative estimate of drug-likeness (QED) is 0.662. The van der Waals surface area contributed by atoms with Crippen LogP contribution in [0, 0.1) is 6.92 Å². The van der Waals surface area contributed by atoms with Crippen LogP contribution in [0.25, 0.3) is 0 Å². The van der Waals surface area contributed by atoms with Gasteiger partial charge in [-0.05, 0) is 31.2 Å². The molecule has 0 saturated carbocycles. The fraction of sp³-hybridized carbons (Fsp3) is 0.250. The molecular weight excluding hydrogens is 325 g/mol. The predicted molar refractivity (Wildman–Crippen MR) is 83.5 cm³/mol. The summed E-state index contributed by atoms with van der Waals surface area (Å²) < 4.78 is 37.6. The van der Waals surface area contributed by atoms with Crippen LogP contribution < -0.4 is 5.32 Å². The maximum atomic E-state index is 12.5. The summed E-state index contributed by atoms with van der Waals surface area (Å²) in [4.78, 5) is 16.5. The lowest BCUT2D eigenvalue weighted by Gasteiger charge is -2.10. The highest BCUT2D eigenvalue weighted by Crippen LogP contribution is 2.28. The monoisotopic (exact) mass is 340 g/mol. The van der Waals surface area contributed by atoms with Gasteiger partial charge in [-0.3, -0.25) is 4.79 Å². The molecule has 1 amide bonds. The minimum Gasteiger partial charge on any atom is -0.351 e. The Morgan fingerprint density at radius 3 is 2.48 bits per heavy atom. The number of aryl methyl sites for hydroxylation is 1. The van der Waals surface area contributed by atoms with Gasteiger partial charge < -0.3 is 5.32 Å². The number of hydrogen-bond donors (Lipinski definition) is 1. The van der Waals surface area contributed by atoms with Crippen LogP contribution in [0.1, 0.15) is 21.7 Å². The van der Waals surface area contributed by atoms with E-state index in [1.54, 1.807) is 11.8 Å². The number of aromatic nitrogens is 1. The molecule has 0 aliphatic heterocycles. The Morgan fingerprint density at radius 1 is 1.17 bits per heavy atom. The van der Waals surface area contributed by atoms with Crippen LogP contribution >= 0.6 is 11.8 Å². The Balaban J connectivity index is 1.88. The third-order valence-corrected chi connectivity index (χ3v) is 4.03. The Bertz CT molecular complexity index is 675. The number of alkyl halides is 3. The topological polar surface area (TPSA) is 42.0 Å². The Hall–Kier alpha value is -2.02. The van der Waals surface area contributed by atoms with Crippen LogP contribution in [0.2, 0.25) is 0 Å². The zero-order valence-corrected chi connectivity index (χ0v) is 13.2. The van der Waals surface area contributed by atoms with Gasteiger partial charge in [0.2, 0.25) is 0 Å². The fourth-order valence-electron chi connectivity index (χ4n) is 1.90. The zero-order valence-electron chi connectivity index (χ0n) is 12.4. The minimum atomic E-state index is -4.51. The summed E-state index contributed by atoms with van der Waals surface area (Å²) >= 11 is 1.59. The van der Waals surface area contributed by atoms with Crippen LogP contribution in [-0.2, 0) is 6.18 Å². The van der Waals surface area contributed by atoms with Crippen molar-refractivity contribution in [1.29, 1.82) is 0 Å². The number of halogens is 3. The molecule has 2 rings (SSSR count). The lowest BCUT2D eigenvalue weighted by atomic mass is 10.1. The molecule has 2 aromatic rings. The molecule has 0 radical (unpaired) electrons. The molecule has 1 N–H and O–H groups in total. The van der Waals surface area contributed by atoms with Crippen molar-refractivity contribution in [3.63, 3.8) is 0 Å². The normalized spacial score (nSPS) is 11.3. The maximum absolute atomic E-state index is 12.5.